The lowest BCUT2D eigenvalue weighted by molar-refractivity contribution is -0.141. The minimum atomic E-state index is -1.05. The van der Waals surface area contributed by atoms with Crippen molar-refractivity contribution in [3.05, 3.63) is 47.0 Å². The summed E-state index contributed by atoms with van der Waals surface area (Å²) in [5, 5.41) is 12.2. The van der Waals surface area contributed by atoms with E-state index in [-0.39, 0.29) is 12.3 Å². The van der Waals surface area contributed by atoms with Gasteiger partial charge < -0.3 is 10.4 Å². The van der Waals surface area contributed by atoms with Crippen LogP contribution < -0.4 is 5.32 Å². The van der Waals surface area contributed by atoms with Gasteiger partial charge in [-0.1, -0.05) is 35.9 Å². The van der Waals surface area contributed by atoms with Crippen LogP contribution >= 0.6 is 11.6 Å². The summed E-state index contributed by atoms with van der Waals surface area (Å²) in [5.74, 6) is -1.83. The predicted octanol–water partition coefficient (Wildman–Crippen LogP) is 2.98. The number of aliphatic carboxylic acids is 1. The number of carboxylic acid groups (broad SMARTS) is 1. The van der Waals surface area contributed by atoms with E-state index < -0.39 is 17.9 Å². The average molecular weight is 296 g/mol. The fourth-order valence-electron chi connectivity index (χ4n) is 1.72. The molecular weight excluding hydrogens is 278 g/mol. The number of carbonyl (C=O) groups excluding carboxylic acids is 1. The number of nitrogens with one attached hydrogen (secondary N) is 1. The Balaban J connectivity index is 2.75. The lowest BCUT2D eigenvalue weighted by Crippen LogP contribution is -2.42. The van der Waals surface area contributed by atoms with Gasteiger partial charge in [0.2, 0.25) is 5.91 Å². The maximum absolute atomic E-state index is 12.1. The first-order valence-electron chi connectivity index (χ1n) is 6.35. The molecule has 1 aromatic rings. The molecule has 2 atom stereocenters. The van der Waals surface area contributed by atoms with Gasteiger partial charge in [-0.05, 0) is 38.0 Å². The van der Waals surface area contributed by atoms with Crippen LogP contribution in [0.25, 0.3) is 0 Å². The van der Waals surface area contributed by atoms with E-state index in [0.29, 0.717) is 5.02 Å². The largest absolute Gasteiger partial charge is 0.480 e. The van der Waals surface area contributed by atoms with Crippen LogP contribution in [-0.4, -0.2) is 23.0 Å². The van der Waals surface area contributed by atoms with Crippen LogP contribution in [0.4, 0.5) is 0 Å². The zero-order chi connectivity index (χ0) is 15.1. The summed E-state index contributed by atoms with van der Waals surface area (Å²) in [6.07, 6.45) is 3.73. The number of allylic oxidation sites excluding steroid dienone is 1. The van der Waals surface area contributed by atoms with Crippen molar-refractivity contribution in [2.45, 2.75) is 32.2 Å². The van der Waals surface area contributed by atoms with E-state index in [1.807, 2.05) is 0 Å². The van der Waals surface area contributed by atoms with Gasteiger partial charge in [-0.15, -0.1) is 0 Å². The first-order valence-corrected chi connectivity index (χ1v) is 6.73. The van der Waals surface area contributed by atoms with Crippen molar-refractivity contribution < 1.29 is 14.7 Å². The van der Waals surface area contributed by atoms with E-state index in [9.17, 15) is 9.59 Å². The Morgan fingerprint density at radius 1 is 1.45 bits per heavy atom. The van der Waals surface area contributed by atoms with Crippen molar-refractivity contribution in [1.29, 1.82) is 0 Å². The number of benzene rings is 1. The van der Waals surface area contributed by atoms with Crippen LogP contribution in [-0.2, 0) is 9.59 Å². The van der Waals surface area contributed by atoms with Gasteiger partial charge in [0.25, 0.3) is 0 Å². The Morgan fingerprint density at radius 2 is 2.15 bits per heavy atom. The molecule has 0 spiro atoms. The average Bonchev–Trinajstić information content (AvgIpc) is 2.42. The molecule has 0 saturated carbocycles. The Hall–Kier alpha value is -1.81. The second-order valence-corrected chi connectivity index (χ2v) is 4.92. The van der Waals surface area contributed by atoms with Crippen molar-refractivity contribution in [2.75, 3.05) is 0 Å². The van der Waals surface area contributed by atoms with Gasteiger partial charge in [0, 0.05) is 5.02 Å². The van der Waals surface area contributed by atoms with Gasteiger partial charge in [-0.3, -0.25) is 4.79 Å². The number of halogens is 1. The van der Waals surface area contributed by atoms with Crippen LogP contribution in [0.15, 0.2) is 36.4 Å². The summed E-state index contributed by atoms with van der Waals surface area (Å²) in [4.78, 5) is 23.2. The number of hydrogen-bond donors (Lipinski definition) is 2. The SMILES string of the molecule is C/C=C/CC(NC(=O)C(C)c1cccc(Cl)c1)C(=O)O. The lowest BCUT2D eigenvalue weighted by atomic mass is 10.00. The van der Waals surface area contributed by atoms with E-state index in [4.69, 9.17) is 16.7 Å². The standard InChI is InChI=1S/C15H18ClNO3/c1-3-4-8-13(15(19)20)17-14(18)10(2)11-6-5-7-12(16)9-11/h3-7,9-10,13H,8H2,1-2H3,(H,17,18)(H,19,20)/b4-3+. The molecule has 4 nitrogen and oxygen atoms in total. The van der Waals surface area contributed by atoms with E-state index in [0.717, 1.165) is 5.56 Å². The lowest BCUT2D eigenvalue weighted by Gasteiger charge is -2.17. The smallest absolute Gasteiger partial charge is 0.326 e. The normalized spacial score (nSPS) is 13.9. The summed E-state index contributed by atoms with van der Waals surface area (Å²) in [7, 11) is 0. The molecule has 0 aromatic heterocycles. The molecule has 0 heterocycles. The Labute approximate surface area is 123 Å². The molecule has 20 heavy (non-hydrogen) atoms. The number of carbonyl (C=O) groups is 2. The molecule has 1 amide bonds. The van der Waals surface area contributed by atoms with Gasteiger partial charge in [-0.25, -0.2) is 4.79 Å². The fourth-order valence-corrected chi connectivity index (χ4v) is 1.92. The highest BCUT2D eigenvalue weighted by Crippen LogP contribution is 2.19. The van der Waals surface area contributed by atoms with Crippen molar-refractivity contribution in [3.63, 3.8) is 0 Å². The van der Waals surface area contributed by atoms with Crippen molar-refractivity contribution in [1.82, 2.24) is 5.32 Å². The monoisotopic (exact) mass is 295 g/mol. The highest BCUT2D eigenvalue weighted by Gasteiger charge is 2.22. The third-order valence-corrected chi connectivity index (χ3v) is 3.20. The molecule has 0 aliphatic carbocycles. The van der Waals surface area contributed by atoms with Gasteiger partial charge in [0.1, 0.15) is 6.04 Å². The van der Waals surface area contributed by atoms with Gasteiger partial charge in [-0.2, -0.15) is 0 Å². The van der Waals surface area contributed by atoms with Gasteiger partial charge in [0.05, 0.1) is 5.92 Å². The molecule has 0 fully saturated rings. The maximum Gasteiger partial charge on any atom is 0.326 e. The van der Waals surface area contributed by atoms with Crippen LogP contribution in [0.1, 0.15) is 31.7 Å². The quantitative estimate of drug-likeness (QED) is 0.793. The fraction of sp³-hybridized carbons (Fsp3) is 0.333. The first-order chi connectivity index (χ1) is 9.45. The predicted molar refractivity (Wildman–Crippen MR) is 78.9 cm³/mol. The Kier molecular flexibility index (Phi) is 6.25. The van der Waals surface area contributed by atoms with E-state index >= 15 is 0 Å². The number of amides is 1. The minimum absolute atomic E-state index is 0.264. The molecule has 0 bridgehead atoms. The summed E-state index contributed by atoms with van der Waals surface area (Å²) in [6.45, 7) is 3.52. The van der Waals surface area contributed by atoms with Gasteiger partial charge >= 0.3 is 5.97 Å². The molecule has 1 aromatic carbocycles. The second kappa shape index (κ2) is 7.70. The summed E-state index contributed by atoms with van der Waals surface area (Å²) >= 11 is 5.88. The molecular formula is C15H18ClNO3. The number of hydrogen-bond acceptors (Lipinski definition) is 2. The molecule has 2 N–H and O–H groups in total. The van der Waals surface area contributed by atoms with Crippen LogP contribution in [0.5, 0.6) is 0 Å². The van der Waals surface area contributed by atoms with Crippen LogP contribution in [0.2, 0.25) is 5.02 Å². The maximum atomic E-state index is 12.1. The highest BCUT2D eigenvalue weighted by molar-refractivity contribution is 6.30. The first kappa shape index (κ1) is 16.2. The van der Waals surface area contributed by atoms with Gasteiger partial charge in [0.15, 0.2) is 0 Å². The van der Waals surface area contributed by atoms with Crippen molar-refractivity contribution in [3.8, 4) is 0 Å². The topological polar surface area (TPSA) is 66.4 Å². The summed E-state index contributed by atoms with van der Waals surface area (Å²) < 4.78 is 0. The summed E-state index contributed by atoms with van der Waals surface area (Å²) in [6, 6.07) is 6.06. The molecule has 1 rings (SSSR count). The van der Waals surface area contributed by atoms with E-state index in [1.54, 1.807) is 50.3 Å². The number of carboxylic acids is 1. The molecule has 108 valence electrons. The number of rotatable bonds is 6. The third kappa shape index (κ3) is 4.70. The zero-order valence-corrected chi connectivity index (χ0v) is 12.2. The van der Waals surface area contributed by atoms with Crippen LogP contribution in [0, 0.1) is 0 Å². The highest BCUT2D eigenvalue weighted by atomic mass is 35.5. The van der Waals surface area contributed by atoms with E-state index in [2.05, 4.69) is 5.32 Å². The molecule has 0 aliphatic heterocycles. The Bertz CT molecular complexity index is 514. The molecule has 0 radical (unpaired) electrons. The van der Waals surface area contributed by atoms with Crippen molar-refractivity contribution >= 4 is 23.5 Å². The van der Waals surface area contributed by atoms with Crippen LogP contribution in [0.3, 0.4) is 0 Å². The third-order valence-electron chi connectivity index (χ3n) is 2.96. The molecule has 2 unspecified atom stereocenters. The molecule has 5 heteroatoms. The molecule has 0 saturated heterocycles. The molecule has 0 aliphatic rings. The second-order valence-electron chi connectivity index (χ2n) is 4.48. The Morgan fingerprint density at radius 3 is 2.70 bits per heavy atom. The van der Waals surface area contributed by atoms with E-state index in [1.165, 1.54) is 0 Å². The minimum Gasteiger partial charge on any atom is -0.480 e. The zero-order valence-electron chi connectivity index (χ0n) is 11.5. The summed E-state index contributed by atoms with van der Waals surface area (Å²) in [5.41, 5.74) is 0.755. The van der Waals surface area contributed by atoms with Crippen molar-refractivity contribution in [2.24, 2.45) is 0 Å².